The summed E-state index contributed by atoms with van der Waals surface area (Å²) < 4.78 is 19.4. The molecular weight excluding hydrogens is 229 g/mol. The van der Waals surface area contributed by atoms with Crippen molar-refractivity contribution in [2.45, 2.75) is 45.8 Å². The average Bonchev–Trinajstić information content (AvgIpc) is 2.29. The van der Waals surface area contributed by atoms with Crippen molar-refractivity contribution in [2.24, 2.45) is 0 Å². The van der Waals surface area contributed by atoms with E-state index >= 15 is 0 Å². The monoisotopic (exact) mass is 253 g/mol. The Hall–Kier alpha value is -0.930. The van der Waals surface area contributed by atoms with Gasteiger partial charge in [0.1, 0.15) is 5.82 Å². The number of nitrogens with one attached hydrogen (secondary N) is 1. The van der Waals surface area contributed by atoms with Crippen LogP contribution in [0.4, 0.5) is 4.39 Å². The Kier molecular flexibility index (Phi) is 5.29. The number of benzene rings is 1. The summed E-state index contributed by atoms with van der Waals surface area (Å²) in [5.74, 6) is -0.194. The Bertz CT molecular complexity index is 374. The van der Waals surface area contributed by atoms with Crippen LogP contribution in [0.15, 0.2) is 18.2 Å². The number of aryl methyl sites for hydroxylation is 1. The second kappa shape index (κ2) is 6.30. The van der Waals surface area contributed by atoms with E-state index in [1.54, 1.807) is 12.1 Å². The Morgan fingerprint density at radius 1 is 1.33 bits per heavy atom. The van der Waals surface area contributed by atoms with Crippen LogP contribution in [0.5, 0.6) is 0 Å². The molecule has 3 heteroatoms. The fraction of sp³-hybridized carbons (Fsp3) is 0.600. The van der Waals surface area contributed by atoms with Crippen molar-refractivity contribution in [3.8, 4) is 0 Å². The molecular formula is C15H24FNO. The standard InChI is InChI=1S/C15H24FNO/c1-6-15(4,18-7-2)14(17-5)12-8-11(3)9-13(16)10-12/h8-10,14,17H,6-7H2,1-5H3. The zero-order valence-corrected chi connectivity index (χ0v) is 12.0. The summed E-state index contributed by atoms with van der Waals surface area (Å²) in [7, 11) is 1.89. The van der Waals surface area contributed by atoms with Crippen molar-refractivity contribution in [3.05, 3.63) is 35.1 Å². The van der Waals surface area contributed by atoms with Crippen molar-refractivity contribution >= 4 is 0 Å². The van der Waals surface area contributed by atoms with Crippen molar-refractivity contribution in [1.82, 2.24) is 5.32 Å². The first-order chi connectivity index (χ1) is 8.46. The number of rotatable bonds is 6. The highest BCUT2D eigenvalue weighted by atomic mass is 19.1. The predicted octanol–water partition coefficient (Wildman–Crippen LogP) is 3.60. The number of hydrogen-bond acceptors (Lipinski definition) is 2. The van der Waals surface area contributed by atoms with E-state index in [9.17, 15) is 4.39 Å². The highest BCUT2D eigenvalue weighted by molar-refractivity contribution is 5.28. The van der Waals surface area contributed by atoms with Gasteiger partial charge in [-0.1, -0.05) is 13.0 Å². The van der Waals surface area contributed by atoms with Gasteiger partial charge in [-0.3, -0.25) is 0 Å². The van der Waals surface area contributed by atoms with Gasteiger partial charge >= 0.3 is 0 Å². The van der Waals surface area contributed by atoms with E-state index < -0.39 is 0 Å². The molecule has 0 fully saturated rings. The third-order valence-electron chi connectivity index (χ3n) is 3.47. The molecule has 2 atom stereocenters. The summed E-state index contributed by atoms with van der Waals surface area (Å²) in [5, 5.41) is 3.26. The molecule has 1 N–H and O–H groups in total. The minimum Gasteiger partial charge on any atom is -0.374 e. The Balaban J connectivity index is 3.14. The fourth-order valence-electron chi connectivity index (χ4n) is 2.48. The number of halogens is 1. The molecule has 1 aromatic carbocycles. The number of ether oxygens (including phenoxy) is 1. The van der Waals surface area contributed by atoms with E-state index in [2.05, 4.69) is 19.2 Å². The molecule has 0 bridgehead atoms. The minimum absolute atomic E-state index is 0.0168. The maximum Gasteiger partial charge on any atom is 0.123 e. The lowest BCUT2D eigenvalue weighted by Crippen LogP contribution is -2.42. The molecule has 0 spiro atoms. The first kappa shape index (κ1) is 15.1. The van der Waals surface area contributed by atoms with Crippen molar-refractivity contribution in [2.75, 3.05) is 13.7 Å². The third-order valence-corrected chi connectivity index (χ3v) is 3.47. The topological polar surface area (TPSA) is 21.3 Å². The third kappa shape index (κ3) is 3.30. The van der Waals surface area contributed by atoms with Gasteiger partial charge in [0.25, 0.3) is 0 Å². The molecule has 0 aliphatic carbocycles. The second-order valence-electron chi connectivity index (χ2n) is 4.88. The lowest BCUT2D eigenvalue weighted by Gasteiger charge is -2.37. The van der Waals surface area contributed by atoms with Crippen LogP contribution in [-0.4, -0.2) is 19.3 Å². The Morgan fingerprint density at radius 2 is 2.00 bits per heavy atom. The van der Waals surface area contributed by atoms with Crippen LogP contribution in [0, 0.1) is 12.7 Å². The molecule has 0 radical (unpaired) electrons. The van der Waals surface area contributed by atoms with Gasteiger partial charge in [0.2, 0.25) is 0 Å². The van der Waals surface area contributed by atoms with E-state index in [4.69, 9.17) is 4.74 Å². The van der Waals surface area contributed by atoms with Crippen LogP contribution in [0.2, 0.25) is 0 Å². The largest absolute Gasteiger partial charge is 0.374 e. The van der Waals surface area contributed by atoms with Crippen molar-refractivity contribution in [1.29, 1.82) is 0 Å². The molecule has 0 aromatic heterocycles. The van der Waals surface area contributed by atoms with E-state index in [1.165, 1.54) is 0 Å². The predicted molar refractivity (Wildman–Crippen MR) is 73.3 cm³/mol. The SMILES string of the molecule is CCOC(C)(CC)C(NC)c1cc(C)cc(F)c1. The van der Waals surface area contributed by atoms with Crippen LogP contribution in [-0.2, 0) is 4.74 Å². The van der Waals surface area contributed by atoms with Gasteiger partial charge in [0.05, 0.1) is 11.6 Å². The molecule has 1 rings (SSSR count). The molecule has 0 aliphatic rings. The Morgan fingerprint density at radius 3 is 2.44 bits per heavy atom. The van der Waals surface area contributed by atoms with Gasteiger partial charge in [0.15, 0.2) is 0 Å². The van der Waals surface area contributed by atoms with Gasteiger partial charge in [0, 0.05) is 6.61 Å². The average molecular weight is 253 g/mol. The summed E-state index contributed by atoms with van der Waals surface area (Å²) in [6, 6.07) is 5.12. The van der Waals surface area contributed by atoms with Gasteiger partial charge in [-0.2, -0.15) is 0 Å². The summed E-state index contributed by atoms with van der Waals surface area (Å²) in [6.45, 7) is 8.70. The smallest absolute Gasteiger partial charge is 0.123 e. The molecule has 0 aliphatic heterocycles. The zero-order valence-electron chi connectivity index (χ0n) is 12.0. The van der Waals surface area contributed by atoms with Crippen molar-refractivity contribution < 1.29 is 9.13 Å². The van der Waals surface area contributed by atoms with E-state index in [0.29, 0.717) is 6.61 Å². The fourth-order valence-corrected chi connectivity index (χ4v) is 2.48. The maximum absolute atomic E-state index is 13.5. The highest BCUT2D eigenvalue weighted by Crippen LogP contribution is 2.32. The maximum atomic E-state index is 13.5. The highest BCUT2D eigenvalue weighted by Gasteiger charge is 2.33. The van der Waals surface area contributed by atoms with Crippen molar-refractivity contribution in [3.63, 3.8) is 0 Å². The second-order valence-corrected chi connectivity index (χ2v) is 4.88. The lowest BCUT2D eigenvalue weighted by molar-refractivity contribution is -0.0547. The van der Waals surface area contributed by atoms with E-state index in [0.717, 1.165) is 17.5 Å². The van der Waals surface area contributed by atoms with Gasteiger partial charge in [-0.05, 0) is 57.5 Å². The first-order valence-corrected chi connectivity index (χ1v) is 6.55. The van der Waals surface area contributed by atoms with Crippen LogP contribution in [0.1, 0.15) is 44.4 Å². The molecule has 1 aromatic rings. The van der Waals surface area contributed by atoms with Gasteiger partial charge < -0.3 is 10.1 Å². The first-order valence-electron chi connectivity index (χ1n) is 6.55. The molecule has 2 nitrogen and oxygen atoms in total. The van der Waals surface area contributed by atoms with Gasteiger partial charge in [-0.25, -0.2) is 4.39 Å². The minimum atomic E-state index is -0.330. The number of likely N-dealkylation sites (N-methyl/N-ethyl adjacent to an activating group) is 1. The molecule has 0 saturated heterocycles. The van der Waals surface area contributed by atoms with E-state index in [1.807, 2.05) is 27.0 Å². The normalized spacial score (nSPS) is 16.3. The van der Waals surface area contributed by atoms with Crippen LogP contribution >= 0.6 is 0 Å². The summed E-state index contributed by atoms with van der Waals surface area (Å²) in [5.41, 5.74) is 1.54. The quantitative estimate of drug-likeness (QED) is 0.836. The molecule has 0 saturated carbocycles. The lowest BCUT2D eigenvalue weighted by atomic mass is 9.87. The Labute approximate surface area is 110 Å². The van der Waals surface area contributed by atoms with Crippen LogP contribution < -0.4 is 5.32 Å². The molecule has 18 heavy (non-hydrogen) atoms. The van der Waals surface area contributed by atoms with Gasteiger partial charge in [-0.15, -0.1) is 0 Å². The summed E-state index contributed by atoms with van der Waals surface area (Å²) in [6.07, 6.45) is 0.863. The zero-order chi connectivity index (χ0) is 13.8. The number of hydrogen-bond donors (Lipinski definition) is 1. The molecule has 0 heterocycles. The summed E-state index contributed by atoms with van der Waals surface area (Å²) >= 11 is 0. The molecule has 2 unspecified atom stereocenters. The van der Waals surface area contributed by atoms with Crippen LogP contribution in [0.3, 0.4) is 0 Å². The summed E-state index contributed by atoms with van der Waals surface area (Å²) in [4.78, 5) is 0. The van der Waals surface area contributed by atoms with Crippen LogP contribution in [0.25, 0.3) is 0 Å². The molecule has 0 amide bonds. The molecule has 102 valence electrons. The van der Waals surface area contributed by atoms with E-state index in [-0.39, 0.29) is 17.5 Å².